The summed E-state index contributed by atoms with van der Waals surface area (Å²) < 4.78 is 5.16. The molecule has 0 unspecified atom stereocenters. The summed E-state index contributed by atoms with van der Waals surface area (Å²) in [5, 5.41) is 9.63. The fourth-order valence-corrected chi connectivity index (χ4v) is 3.81. The summed E-state index contributed by atoms with van der Waals surface area (Å²) in [6.07, 6.45) is 0. The Morgan fingerprint density at radius 2 is 1.67 bits per heavy atom. The second-order valence-corrected chi connectivity index (χ2v) is 7.10. The minimum absolute atomic E-state index is 0.104. The zero-order chi connectivity index (χ0) is 22.2. The predicted molar refractivity (Wildman–Crippen MR) is 111 cm³/mol. The van der Waals surface area contributed by atoms with Crippen LogP contribution in [0, 0.1) is 25.2 Å². The number of para-hydroxylation sites is 2. The van der Waals surface area contributed by atoms with Gasteiger partial charge in [-0.25, -0.2) is 4.79 Å². The van der Waals surface area contributed by atoms with Crippen molar-refractivity contribution in [3.05, 3.63) is 58.2 Å². The third-order valence-electron chi connectivity index (χ3n) is 5.18. The lowest BCUT2D eigenvalue weighted by molar-refractivity contribution is -0.118. The van der Waals surface area contributed by atoms with E-state index >= 15 is 0 Å². The predicted octanol–water partition coefficient (Wildman–Crippen LogP) is 2.88. The van der Waals surface area contributed by atoms with E-state index in [1.54, 1.807) is 37.7 Å². The number of nitrogens with one attached hydrogen (secondary N) is 1. The molecule has 1 aromatic heterocycles. The Morgan fingerprint density at radius 1 is 1.10 bits per heavy atom. The molecule has 1 N–H and O–H groups in total. The third kappa shape index (κ3) is 3.35. The lowest BCUT2D eigenvalue weighted by Gasteiger charge is -2.19. The summed E-state index contributed by atoms with van der Waals surface area (Å²) >= 11 is 0. The Labute approximate surface area is 174 Å². The fraction of sp³-hybridized carbons (Fsp3) is 0.273. The van der Waals surface area contributed by atoms with Gasteiger partial charge in [-0.2, -0.15) is 5.26 Å². The molecular weight excluding hydrogens is 384 g/mol. The van der Waals surface area contributed by atoms with Crippen LogP contribution in [0.2, 0.25) is 0 Å². The van der Waals surface area contributed by atoms with Crippen molar-refractivity contribution in [2.75, 3.05) is 30.5 Å². The number of ether oxygens (including phenoxy) is 1. The van der Waals surface area contributed by atoms with Gasteiger partial charge in [-0.05, 0) is 38.5 Å². The number of nitriles is 1. The van der Waals surface area contributed by atoms with Gasteiger partial charge in [0.05, 0.1) is 11.4 Å². The number of carbonyl (C=O) groups is 3. The first-order valence-electron chi connectivity index (χ1n) is 9.30. The molecule has 0 radical (unpaired) electrons. The molecule has 2 heterocycles. The van der Waals surface area contributed by atoms with E-state index in [0.29, 0.717) is 22.6 Å². The van der Waals surface area contributed by atoms with Crippen LogP contribution in [0.5, 0.6) is 0 Å². The number of esters is 1. The molecule has 30 heavy (non-hydrogen) atoms. The number of carbonyl (C=O) groups excluding carboxylic acids is 3. The number of Topliss-reactive ketones (excluding diaryl/α,β-unsaturated/α-hetero) is 2. The molecule has 1 aliphatic rings. The van der Waals surface area contributed by atoms with Crippen LogP contribution >= 0.6 is 0 Å². The van der Waals surface area contributed by atoms with Crippen LogP contribution in [0.4, 0.5) is 11.4 Å². The molecular formula is C22H22N4O4. The van der Waals surface area contributed by atoms with E-state index in [1.807, 2.05) is 30.3 Å². The van der Waals surface area contributed by atoms with Crippen molar-refractivity contribution >= 4 is 28.9 Å². The standard InChI is InChI=1S/C22H22N4O4/c1-12-19(14(3)27)13(2)24-20(12)22(29)30-11-18(28)15(10-23)21-25(4)16-8-6-7-9-17(16)26(21)5/h6-9,24H,11H2,1-5H3. The molecule has 154 valence electrons. The van der Waals surface area contributed by atoms with Crippen LogP contribution in [0.1, 0.15) is 39.0 Å². The SMILES string of the molecule is CC(=O)c1c(C)[nH]c(C(=O)OCC(=O)C(C#N)=C2N(C)c3ccccc3N2C)c1C. The highest BCUT2D eigenvalue weighted by atomic mass is 16.5. The monoisotopic (exact) mass is 406 g/mol. The number of aryl methyl sites for hydroxylation is 1. The summed E-state index contributed by atoms with van der Waals surface area (Å²) in [5.74, 6) is -1.11. The van der Waals surface area contributed by atoms with Gasteiger partial charge in [0.25, 0.3) is 0 Å². The average Bonchev–Trinajstić information content (AvgIpc) is 3.15. The average molecular weight is 406 g/mol. The third-order valence-corrected chi connectivity index (χ3v) is 5.18. The number of hydrogen-bond donors (Lipinski definition) is 1. The molecule has 8 nitrogen and oxygen atoms in total. The number of hydrogen-bond acceptors (Lipinski definition) is 7. The summed E-state index contributed by atoms with van der Waals surface area (Å²) in [6, 6.07) is 9.47. The van der Waals surface area contributed by atoms with Gasteiger partial charge in [0.15, 0.2) is 12.4 Å². The number of ketones is 2. The molecule has 0 atom stereocenters. The van der Waals surface area contributed by atoms with Crippen molar-refractivity contribution in [2.24, 2.45) is 0 Å². The first-order chi connectivity index (χ1) is 14.2. The maximum Gasteiger partial charge on any atom is 0.355 e. The number of anilines is 2. The summed E-state index contributed by atoms with van der Waals surface area (Å²) in [6.45, 7) is 4.16. The molecule has 8 heteroatoms. The minimum atomic E-state index is -0.754. The Balaban J connectivity index is 1.82. The van der Waals surface area contributed by atoms with Crippen molar-refractivity contribution in [2.45, 2.75) is 20.8 Å². The van der Waals surface area contributed by atoms with E-state index in [1.165, 1.54) is 6.92 Å². The molecule has 0 aliphatic carbocycles. The second-order valence-electron chi connectivity index (χ2n) is 7.10. The number of H-pyrrole nitrogens is 1. The molecule has 2 aromatic rings. The lowest BCUT2D eigenvalue weighted by atomic mass is 10.1. The van der Waals surface area contributed by atoms with Crippen LogP contribution < -0.4 is 9.80 Å². The van der Waals surface area contributed by atoms with Crippen LogP contribution in [-0.2, 0) is 9.53 Å². The molecule has 1 aromatic carbocycles. The highest BCUT2D eigenvalue weighted by molar-refractivity contribution is 6.05. The number of aromatic amines is 1. The quantitative estimate of drug-likeness (QED) is 0.352. The normalized spacial score (nSPS) is 12.5. The van der Waals surface area contributed by atoms with Gasteiger partial charge in [-0.3, -0.25) is 9.59 Å². The van der Waals surface area contributed by atoms with E-state index in [4.69, 9.17) is 4.74 Å². The lowest BCUT2D eigenvalue weighted by Crippen LogP contribution is -2.28. The smallest absolute Gasteiger partial charge is 0.355 e. The van der Waals surface area contributed by atoms with Crippen molar-refractivity contribution in [3.63, 3.8) is 0 Å². The number of nitrogens with zero attached hydrogens (tertiary/aromatic N) is 3. The van der Waals surface area contributed by atoms with Crippen LogP contribution in [-0.4, -0.2) is 43.2 Å². The highest BCUT2D eigenvalue weighted by Gasteiger charge is 2.31. The number of benzene rings is 1. The highest BCUT2D eigenvalue weighted by Crippen LogP contribution is 2.40. The molecule has 0 spiro atoms. The van der Waals surface area contributed by atoms with Crippen molar-refractivity contribution in [1.82, 2.24) is 4.98 Å². The fourth-order valence-electron chi connectivity index (χ4n) is 3.81. The van der Waals surface area contributed by atoms with Crippen molar-refractivity contribution in [1.29, 1.82) is 5.26 Å². The Morgan fingerprint density at radius 3 is 2.13 bits per heavy atom. The van der Waals surface area contributed by atoms with Crippen LogP contribution in [0.25, 0.3) is 0 Å². The topological polar surface area (TPSA) is 106 Å². The number of aromatic nitrogens is 1. The molecule has 0 amide bonds. The van der Waals surface area contributed by atoms with Crippen LogP contribution in [0.15, 0.2) is 35.7 Å². The zero-order valence-corrected chi connectivity index (χ0v) is 17.5. The van der Waals surface area contributed by atoms with Gasteiger partial charge in [0, 0.05) is 25.4 Å². The van der Waals surface area contributed by atoms with Crippen molar-refractivity contribution in [3.8, 4) is 6.07 Å². The molecule has 0 bridgehead atoms. The summed E-state index contributed by atoms with van der Waals surface area (Å²) in [4.78, 5) is 43.3. The molecule has 0 saturated heterocycles. The maximum atomic E-state index is 12.7. The van der Waals surface area contributed by atoms with E-state index < -0.39 is 18.4 Å². The molecule has 3 rings (SSSR count). The minimum Gasteiger partial charge on any atom is -0.453 e. The van der Waals surface area contributed by atoms with Gasteiger partial charge >= 0.3 is 5.97 Å². The van der Waals surface area contributed by atoms with Crippen molar-refractivity contribution < 1.29 is 19.1 Å². The molecule has 1 aliphatic heterocycles. The van der Waals surface area contributed by atoms with E-state index in [2.05, 4.69) is 4.98 Å². The van der Waals surface area contributed by atoms with Gasteiger partial charge in [0.2, 0.25) is 5.78 Å². The summed E-state index contributed by atoms with van der Waals surface area (Å²) in [7, 11) is 3.53. The Kier molecular flexibility index (Phi) is 5.47. The van der Waals surface area contributed by atoms with Crippen LogP contribution in [0.3, 0.4) is 0 Å². The van der Waals surface area contributed by atoms with Gasteiger partial charge in [-0.1, -0.05) is 12.1 Å². The van der Waals surface area contributed by atoms with Gasteiger partial charge in [0.1, 0.15) is 23.2 Å². The zero-order valence-electron chi connectivity index (χ0n) is 17.5. The van der Waals surface area contributed by atoms with E-state index in [0.717, 1.165) is 11.4 Å². The maximum absolute atomic E-state index is 12.7. The largest absolute Gasteiger partial charge is 0.453 e. The molecule has 0 fully saturated rings. The first kappa shape index (κ1) is 20.9. The van der Waals surface area contributed by atoms with Gasteiger partial charge < -0.3 is 19.5 Å². The molecule has 0 saturated carbocycles. The Hall–Kier alpha value is -3.86. The number of rotatable bonds is 5. The van der Waals surface area contributed by atoms with E-state index in [-0.39, 0.29) is 17.1 Å². The number of fused-ring (bicyclic) bond motifs is 1. The first-order valence-corrected chi connectivity index (χ1v) is 9.30. The van der Waals surface area contributed by atoms with E-state index in [9.17, 15) is 19.6 Å². The van der Waals surface area contributed by atoms with Gasteiger partial charge in [-0.15, -0.1) is 0 Å². The Bertz CT molecular complexity index is 1110. The summed E-state index contributed by atoms with van der Waals surface area (Å²) in [5.41, 5.74) is 3.21. The second kappa shape index (κ2) is 7.87.